The van der Waals surface area contributed by atoms with Crippen molar-refractivity contribution in [2.75, 3.05) is 4.90 Å². The molecule has 0 saturated heterocycles. The molecule has 0 atom stereocenters. The average Bonchev–Trinajstić information content (AvgIpc) is 3.62. The first kappa shape index (κ1) is 33.5. The number of rotatable bonds is 5. The van der Waals surface area contributed by atoms with Crippen LogP contribution >= 0.6 is 30.1 Å². The molecule has 262 valence electrons. The number of hydrogen-bond acceptors (Lipinski definition) is 2. The summed E-state index contributed by atoms with van der Waals surface area (Å²) >= 11 is 2.40. The Morgan fingerprint density at radius 1 is 0.519 bits per heavy atom. The fourth-order valence-electron chi connectivity index (χ4n) is 9.03. The molecule has 0 radical (unpaired) electrons. The van der Waals surface area contributed by atoms with Crippen molar-refractivity contribution in [2.45, 2.75) is 44.9 Å². The number of benzene rings is 8. The Balaban J connectivity index is 1.21. The zero-order valence-electron chi connectivity index (χ0n) is 31.0. The Bertz CT molecular complexity index is 2930. The molecule has 0 N–H and O–H groups in total. The highest BCUT2D eigenvalue weighted by molar-refractivity contribution is 14.2. The first-order valence-electron chi connectivity index (χ1n) is 18.6. The molecule has 1 heterocycles. The second-order valence-corrected chi connectivity index (χ2v) is 17.4. The van der Waals surface area contributed by atoms with E-state index in [1.165, 1.54) is 98.6 Å². The lowest BCUT2D eigenvalue weighted by atomic mass is 9.81. The number of hydrogen-bond donors (Lipinski definition) is 0. The maximum Gasteiger partial charge on any atom is 0.0544 e. The van der Waals surface area contributed by atoms with Crippen LogP contribution in [0, 0.1) is 20.8 Å². The van der Waals surface area contributed by atoms with E-state index in [9.17, 15) is 0 Å². The van der Waals surface area contributed by atoms with Crippen molar-refractivity contribution < 1.29 is 0 Å². The minimum Gasteiger partial charge on any atom is -0.310 e. The highest BCUT2D eigenvalue weighted by atomic mass is 127. The fourth-order valence-corrected chi connectivity index (χ4v) is 10.6. The largest absolute Gasteiger partial charge is 0.310 e. The molecule has 54 heavy (non-hydrogen) atoms. The zero-order valence-corrected chi connectivity index (χ0v) is 34.0. The van der Waals surface area contributed by atoms with Crippen LogP contribution in [0.25, 0.3) is 60.2 Å². The van der Waals surface area contributed by atoms with E-state index in [-0.39, 0.29) is 5.41 Å². The molecule has 10 rings (SSSR count). The monoisotopic (exact) mass is 826 g/mol. The van der Waals surface area contributed by atoms with Crippen LogP contribution in [0.5, 0.6) is 0 Å². The molecule has 0 aliphatic heterocycles. The second-order valence-electron chi connectivity index (χ2n) is 15.5. The van der Waals surface area contributed by atoms with Crippen LogP contribution in [0.4, 0.5) is 17.1 Å². The van der Waals surface area contributed by atoms with Crippen molar-refractivity contribution in [1.29, 1.82) is 0 Å². The van der Waals surface area contributed by atoms with Crippen LogP contribution in [0.2, 0.25) is 0 Å². The maximum atomic E-state index is 2.51. The highest BCUT2D eigenvalue weighted by Gasteiger charge is 2.38. The molecule has 1 aliphatic carbocycles. The molecule has 8 aromatic carbocycles. The third-order valence-electron chi connectivity index (χ3n) is 11.7. The lowest BCUT2D eigenvalue weighted by Gasteiger charge is -2.29. The van der Waals surface area contributed by atoms with E-state index in [4.69, 9.17) is 0 Å². The molecular weight excluding hydrogens is 788 g/mol. The molecule has 0 saturated carbocycles. The molecule has 1 aromatic heterocycles. The molecule has 0 amide bonds. The highest BCUT2D eigenvalue weighted by Crippen LogP contribution is 2.55. The van der Waals surface area contributed by atoms with Gasteiger partial charge < -0.3 is 9.47 Å². The van der Waals surface area contributed by atoms with Crippen molar-refractivity contribution in [3.05, 3.63) is 173 Å². The maximum absolute atomic E-state index is 2.51. The predicted octanol–water partition coefficient (Wildman–Crippen LogP) is 15.2. The van der Waals surface area contributed by atoms with E-state index in [1.54, 1.807) is 8.93 Å². The van der Waals surface area contributed by atoms with E-state index in [1.807, 2.05) is 0 Å². The molecule has 0 spiro atoms. The second kappa shape index (κ2) is 12.5. The Kier molecular flexibility index (Phi) is 7.76. The van der Waals surface area contributed by atoms with Crippen LogP contribution in [0.1, 0.15) is 41.7 Å². The average molecular weight is 827 g/mol. The van der Waals surface area contributed by atoms with Gasteiger partial charge in [0.05, 0.1) is 22.4 Å². The summed E-state index contributed by atoms with van der Waals surface area (Å²) in [6.45, 7) is 11.4. The summed E-state index contributed by atoms with van der Waals surface area (Å²) in [5.41, 5.74) is 16.2. The Labute approximate surface area is 333 Å². The van der Waals surface area contributed by atoms with Crippen molar-refractivity contribution >= 4 is 90.6 Å². The number of aryl methyl sites for hydroxylation is 3. The standard InChI is InChI=1S/C50H39IN2S/c1-30-14-18-33(19-15-30)52(44-24-25-48(54-51)37-12-8-6-10-35(37)44)34-20-21-39-42(28-34)50(4,5)43-29-47(36-11-7-9-13-38(36)49(39)43)53-45-22-16-31(2)26-40(45)41-27-32(3)17-23-46(41)53/h6-29H,1-5H3. The van der Waals surface area contributed by atoms with Crippen molar-refractivity contribution in [1.82, 2.24) is 4.57 Å². The number of fused-ring (bicyclic) bond motifs is 9. The molecule has 4 heteroatoms. The summed E-state index contributed by atoms with van der Waals surface area (Å²) in [5.74, 6) is 0. The van der Waals surface area contributed by atoms with Gasteiger partial charge in [0, 0.05) is 64.4 Å². The predicted molar refractivity (Wildman–Crippen MR) is 242 cm³/mol. The van der Waals surface area contributed by atoms with Crippen LogP contribution in [-0.4, -0.2) is 4.57 Å². The van der Waals surface area contributed by atoms with E-state index < -0.39 is 0 Å². The summed E-state index contributed by atoms with van der Waals surface area (Å²) < 4.78 is 2.51. The molecule has 2 nitrogen and oxygen atoms in total. The smallest absolute Gasteiger partial charge is 0.0544 e. The van der Waals surface area contributed by atoms with Gasteiger partial charge in [-0.15, -0.1) is 0 Å². The molecule has 0 unspecified atom stereocenters. The third-order valence-corrected chi connectivity index (χ3v) is 13.6. The number of anilines is 3. The van der Waals surface area contributed by atoms with Gasteiger partial charge in [-0.05, 0) is 121 Å². The lowest BCUT2D eigenvalue weighted by Crippen LogP contribution is -2.17. The van der Waals surface area contributed by atoms with Crippen molar-refractivity contribution in [2.24, 2.45) is 0 Å². The minimum absolute atomic E-state index is 0.242. The van der Waals surface area contributed by atoms with Gasteiger partial charge in [0.1, 0.15) is 0 Å². The van der Waals surface area contributed by atoms with Crippen molar-refractivity contribution in [3.8, 4) is 16.8 Å². The molecule has 0 bridgehead atoms. The van der Waals surface area contributed by atoms with Gasteiger partial charge in [-0.2, -0.15) is 0 Å². The van der Waals surface area contributed by atoms with Gasteiger partial charge in [0.25, 0.3) is 0 Å². The summed E-state index contributed by atoms with van der Waals surface area (Å²) in [5, 5.41) is 7.69. The molecule has 9 aromatic rings. The van der Waals surface area contributed by atoms with Gasteiger partial charge in [-0.3, -0.25) is 0 Å². The van der Waals surface area contributed by atoms with Crippen LogP contribution in [-0.2, 0) is 5.41 Å². The van der Waals surface area contributed by atoms with E-state index in [2.05, 4.69) is 211 Å². The Morgan fingerprint density at radius 3 is 1.78 bits per heavy atom. The van der Waals surface area contributed by atoms with Gasteiger partial charge in [0.15, 0.2) is 0 Å². The van der Waals surface area contributed by atoms with E-state index in [0.29, 0.717) is 0 Å². The van der Waals surface area contributed by atoms with E-state index in [0.717, 1.165) is 11.4 Å². The quantitative estimate of drug-likeness (QED) is 0.160. The number of nitrogens with zero attached hydrogens (tertiary/aromatic N) is 2. The lowest BCUT2D eigenvalue weighted by molar-refractivity contribution is 0.660. The SMILES string of the molecule is Cc1ccc(N(c2ccc3c(c2)C(C)(C)c2cc(-n4c5ccc(C)cc5c5cc(C)ccc54)c4ccccc4c2-3)c2ccc(SI)c3ccccc23)cc1. The van der Waals surface area contributed by atoms with Crippen LogP contribution in [0.15, 0.2) is 150 Å². The molecule has 0 fully saturated rings. The fraction of sp³-hybridized carbons (Fsp3) is 0.120. The summed E-state index contributed by atoms with van der Waals surface area (Å²) in [4.78, 5) is 3.73. The topological polar surface area (TPSA) is 8.17 Å². The van der Waals surface area contributed by atoms with Gasteiger partial charge in [0.2, 0.25) is 0 Å². The third kappa shape index (κ3) is 4.99. The normalized spacial score (nSPS) is 13.2. The van der Waals surface area contributed by atoms with E-state index >= 15 is 0 Å². The number of aromatic nitrogens is 1. The summed E-state index contributed by atoms with van der Waals surface area (Å²) in [7, 11) is 1.77. The first-order chi connectivity index (χ1) is 26.2. The minimum atomic E-state index is -0.242. The zero-order chi connectivity index (χ0) is 36.9. The van der Waals surface area contributed by atoms with Gasteiger partial charge >= 0.3 is 0 Å². The Hall–Kier alpha value is -5.04. The van der Waals surface area contributed by atoms with Gasteiger partial charge in [-0.25, -0.2) is 0 Å². The summed E-state index contributed by atoms with van der Waals surface area (Å²) in [6, 6.07) is 54.9. The number of halogens is 1. The molecule has 1 aliphatic rings. The first-order valence-corrected chi connectivity index (χ1v) is 22.0. The summed E-state index contributed by atoms with van der Waals surface area (Å²) in [6.07, 6.45) is 0. The van der Waals surface area contributed by atoms with Crippen molar-refractivity contribution in [3.63, 3.8) is 0 Å². The van der Waals surface area contributed by atoms with Crippen LogP contribution in [0.3, 0.4) is 0 Å². The van der Waals surface area contributed by atoms with Gasteiger partial charge in [-0.1, -0.05) is 118 Å². The molecular formula is C50H39IN2S. The Morgan fingerprint density at radius 2 is 1.11 bits per heavy atom. The van der Waals surface area contributed by atoms with Crippen LogP contribution < -0.4 is 4.90 Å².